The normalized spacial score (nSPS) is 15.9. The lowest BCUT2D eigenvalue weighted by Crippen LogP contribution is -2.50. The molecule has 198 valence electrons. The Labute approximate surface area is 222 Å². The molecule has 9 nitrogen and oxygen atoms in total. The standard InChI is InChI=1S/C28H31N5O4S/c1-3-32(23-10-7-16-31(18-23)28(34)37-19-22-8-5-4-6-9-22)26-25-15-17-33(27(25)30-20-29-26)38(35,36)24-13-11-21(2)12-14-24/h4-6,8-9,11-15,17,20,23H,3,7,10,16,18-19H2,1-2H3. The molecule has 0 aliphatic carbocycles. The first-order valence-corrected chi connectivity index (χ1v) is 14.2. The Morgan fingerprint density at radius 3 is 2.58 bits per heavy atom. The molecule has 1 aliphatic heterocycles. The van der Waals surface area contributed by atoms with Crippen LogP contribution in [0.4, 0.5) is 10.6 Å². The molecule has 10 heteroatoms. The molecule has 2 aromatic carbocycles. The first-order valence-electron chi connectivity index (χ1n) is 12.7. The molecule has 1 fully saturated rings. The van der Waals surface area contributed by atoms with E-state index >= 15 is 0 Å². The topological polar surface area (TPSA) is 97.6 Å². The van der Waals surface area contributed by atoms with Crippen molar-refractivity contribution < 1.29 is 17.9 Å². The van der Waals surface area contributed by atoms with Gasteiger partial charge in [-0.1, -0.05) is 48.0 Å². The van der Waals surface area contributed by atoms with Crippen LogP contribution in [0.15, 0.2) is 78.1 Å². The third-order valence-electron chi connectivity index (χ3n) is 6.92. The summed E-state index contributed by atoms with van der Waals surface area (Å²) in [6.07, 6.45) is 4.30. The van der Waals surface area contributed by atoms with E-state index in [-0.39, 0.29) is 23.6 Å². The van der Waals surface area contributed by atoms with E-state index in [0.29, 0.717) is 36.5 Å². The molecule has 1 unspecified atom stereocenters. The number of fused-ring (bicyclic) bond motifs is 1. The van der Waals surface area contributed by atoms with Gasteiger partial charge in [0, 0.05) is 31.9 Å². The number of anilines is 1. The monoisotopic (exact) mass is 533 g/mol. The Morgan fingerprint density at radius 1 is 1.08 bits per heavy atom. The van der Waals surface area contributed by atoms with Crippen molar-refractivity contribution in [3.63, 3.8) is 0 Å². The number of likely N-dealkylation sites (N-methyl/N-ethyl adjacent to an activating group) is 1. The van der Waals surface area contributed by atoms with Crippen LogP contribution in [0.5, 0.6) is 0 Å². The molecule has 1 atom stereocenters. The molecule has 0 saturated carbocycles. The van der Waals surface area contributed by atoms with Crippen molar-refractivity contribution in [3.8, 4) is 0 Å². The fourth-order valence-electron chi connectivity index (χ4n) is 4.93. The Hall–Kier alpha value is -3.92. The highest BCUT2D eigenvalue weighted by atomic mass is 32.2. The molecular weight excluding hydrogens is 502 g/mol. The van der Waals surface area contributed by atoms with E-state index in [9.17, 15) is 13.2 Å². The Kier molecular flexibility index (Phi) is 7.33. The zero-order chi connectivity index (χ0) is 26.7. The minimum atomic E-state index is -3.82. The van der Waals surface area contributed by atoms with Crippen LogP contribution >= 0.6 is 0 Å². The van der Waals surface area contributed by atoms with Crippen LogP contribution < -0.4 is 4.90 Å². The van der Waals surface area contributed by atoms with Crippen LogP contribution in [0.3, 0.4) is 0 Å². The molecule has 38 heavy (non-hydrogen) atoms. The van der Waals surface area contributed by atoms with Gasteiger partial charge in [-0.25, -0.2) is 27.2 Å². The zero-order valence-corrected chi connectivity index (χ0v) is 22.3. The van der Waals surface area contributed by atoms with Gasteiger partial charge in [0.25, 0.3) is 10.0 Å². The van der Waals surface area contributed by atoms with Crippen LogP contribution in [0.25, 0.3) is 11.0 Å². The summed E-state index contributed by atoms with van der Waals surface area (Å²) in [5, 5.41) is 0.647. The van der Waals surface area contributed by atoms with Crippen molar-refractivity contribution in [2.45, 2.75) is 44.2 Å². The number of piperidine rings is 1. The summed E-state index contributed by atoms with van der Waals surface area (Å²) in [6.45, 7) is 5.94. The van der Waals surface area contributed by atoms with Gasteiger partial charge in [-0.2, -0.15) is 0 Å². The van der Waals surface area contributed by atoms with Crippen LogP contribution in [-0.2, 0) is 21.4 Å². The van der Waals surface area contributed by atoms with Gasteiger partial charge in [0.05, 0.1) is 10.3 Å². The number of rotatable bonds is 7. The summed E-state index contributed by atoms with van der Waals surface area (Å²) in [7, 11) is -3.82. The lowest BCUT2D eigenvalue weighted by Gasteiger charge is -2.39. The number of benzene rings is 2. The highest BCUT2D eigenvalue weighted by molar-refractivity contribution is 7.90. The largest absolute Gasteiger partial charge is 0.445 e. The predicted molar refractivity (Wildman–Crippen MR) is 146 cm³/mol. The number of amides is 1. The molecule has 4 aromatic rings. The van der Waals surface area contributed by atoms with Gasteiger partial charge in [0.1, 0.15) is 18.8 Å². The van der Waals surface area contributed by atoms with E-state index in [1.165, 1.54) is 16.5 Å². The molecule has 0 bridgehead atoms. The van der Waals surface area contributed by atoms with E-state index in [4.69, 9.17) is 4.74 Å². The second kappa shape index (κ2) is 10.8. The Morgan fingerprint density at radius 2 is 1.84 bits per heavy atom. The predicted octanol–water partition coefficient (Wildman–Crippen LogP) is 4.60. The Bertz CT molecular complexity index is 1520. The molecule has 5 rings (SSSR count). The number of hydrogen-bond acceptors (Lipinski definition) is 7. The van der Waals surface area contributed by atoms with E-state index in [1.54, 1.807) is 35.2 Å². The van der Waals surface area contributed by atoms with E-state index in [1.807, 2.05) is 44.2 Å². The quantitative estimate of drug-likeness (QED) is 0.342. The maximum Gasteiger partial charge on any atom is 0.410 e. The molecular formula is C28H31N5O4S. The number of carbonyl (C=O) groups is 1. The van der Waals surface area contributed by atoms with Gasteiger partial charge in [-0.05, 0) is 50.5 Å². The van der Waals surface area contributed by atoms with Crippen molar-refractivity contribution >= 4 is 33.0 Å². The summed E-state index contributed by atoms with van der Waals surface area (Å²) >= 11 is 0. The number of carbonyl (C=O) groups excluding carboxylic acids is 1. The summed E-state index contributed by atoms with van der Waals surface area (Å²) < 4.78 is 33.5. The van der Waals surface area contributed by atoms with Crippen molar-refractivity contribution in [2.75, 3.05) is 24.5 Å². The number of aryl methyl sites for hydroxylation is 1. The number of ether oxygens (including phenoxy) is 1. The highest BCUT2D eigenvalue weighted by Gasteiger charge is 2.30. The highest BCUT2D eigenvalue weighted by Crippen LogP contribution is 2.30. The lowest BCUT2D eigenvalue weighted by atomic mass is 10.0. The SMILES string of the molecule is CCN(c1ncnc2c1ccn2S(=O)(=O)c1ccc(C)cc1)C1CCCN(C(=O)OCc2ccccc2)C1. The maximum atomic E-state index is 13.4. The molecule has 0 spiro atoms. The third kappa shape index (κ3) is 5.08. The molecule has 1 aliphatic rings. The minimum Gasteiger partial charge on any atom is -0.445 e. The number of likely N-dealkylation sites (tertiary alicyclic amines) is 1. The third-order valence-corrected chi connectivity index (χ3v) is 8.60. The van der Waals surface area contributed by atoms with Crippen LogP contribution in [0.2, 0.25) is 0 Å². The van der Waals surface area contributed by atoms with Gasteiger partial charge < -0.3 is 14.5 Å². The molecule has 0 radical (unpaired) electrons. The van der Waals surface area contributed by atoms with Gasteiger partial charge in [0.15, 0.2) is 5.65 Å². The van der Waals surface area contributed by atoms with Crippen LogP contribution in [0.1, 0.15) is 30.9 Å². The van der Waals surface area contributed by atoms with Gasteiger partial charge >= 0.3 is 6.09 Å². The Balaban J connectivity index is 1.38. The second-order valence-electron chi connectivity index (χ2n) is 9.43. The minimum absolute atomic E-state index is 0.00757. The summed E-state index contributed by atoms with van der Waals surface area (Å²) in [4.78, 5) is 25.8. The number of nitrogens with zero attached hydrogens (tertiary/aromatic N) is 5. The molecule has 0 N–H and O–H groups in total. The van der Waals surface area contributed by atoms with Crippen molar-refractivity contribution in [3.05, 3.63) is 84.3 Å². The van der Waals surface area contributed by atoms with Crippen LogP contribution in [-0.4, -0.2) is 59.0 Å². The number of aromatic nitrogens is 3. The first-order chi connectivity index (χ1) is 18.4. The molecule has 3 heterocycles. The van der Waals surface area contributed by atoms with Gasteiger partial charge in [0.2, 0.25) is 0 Å². The van der Waals surface area contributed by atoms with Gasteiger partial charge in [-0.15, -0.1) is 0 Å². The second-order valence-corrected chi connectivity index (χ2v) is 11.2. The summed E-state index contributed by atoms with van der Waals surface area (Å²) in [6, 6.07) is 18.1. The molecule has 1 saturated heterocycles. The molecule has 2 aromatic heterocycles. The van der Waals surface area contributed by atoms with Crippen molar-refractivity contribution in [1.29, 1.82) is 0 Å². The number of hydrogen-bond donors (Lipinski definition) is 0. The van der Waals surface area contributed by atoms with Crippen LogP contribution in [0, 0.1) is 6.92 Å². The van der Waals surface area contributed by atoms with Crippen molar-refractivity contribution in [2.24, 2.45) is 0 Å². The zero-order valence-electron chi connectivity index (χ0n) is 21.5. The molecule has 1 amide bonds. The average molecular weight is 534 g/mol. The van der Waals surface area contributed by atoms with E-state index in [0.717, 1.165) is 24.0 Å². The summed E-state index contributed by atoms with van der Waals surface area (Å²) in [5.41, 5.74) is 2.25. The lowest BCUT2D eigenvalue weighted by molar-refractivity contribution is 0.0856. The van der Waals surface area contributed by atoms with E-state index < -0.39 is 10.0 Å². The maximum absolute atomic E-state index is 13.4. The fourth-order valence-corrected chi connectivity index (χ4v) is 6.23. The average Bonchev–Trinajstić information content (AvgIpc) is 3.39. The van der Waals surface area contributed by atoms with E-state index in [2.05, 4.69) is 14.9 Å². The summed E-state index contributed by atoms with van der Waals surface area (Å²) in [5.74, 6) is 0.653. The fraction of sp³-hybridized carbons (Fsp3) is 0.321. The van der Waals surface area contributed by atoms with Crippen molar-refractivity contribution in [1.82, 2.24) is 18.8 Å². The van der Waals surface area contributed by atoms with Gasteiger partial charge in [-0.3, -0.25) is 0 Å². The smallest absolute Gasteiger partial charge is 0.410 e. The first kappa shape index (κ1) is 25.7.